The van der Waals surface area contributed by atoms with Crippen molar-refractivity contribution < 1.29 is 14.1 Å². The Kier molecular flexibility index (Phi) is 9.66. The Morgan fingerprint density at radius 2 is 2.06 bits per heavy atom. The van der Waals surface area contributed by atoms with Gasteiger partial charge in [-0.3, -0.25) is 9.79 Å². The van der Waals surface area contributed by atoms with Gasteiger partial charge in [0.2, 0.25) is 5.89 Å². The zero-order valence-electron chi connectivity index (χ0n) is 18.1. The highest BCUT2D eigenvalue weighted by atomic mass is 16.5. The quantitative estimate of drug-likeness (QED) is 0.170. The molecule has 2 amide bonds. The fourth-order valence-electron chi connectivity index (χ4n) is 3.60. The van der Waals surface area contributed by atoms with Gasteiger partial charge in [-0.15, -0.1) is 0 Å². The second-order valence-electron chi connectivity index (χ2n) is 7.79. The Hall–Kier alpha value is -2.73. The van der Waals surface area contributed by atoms with Crippen molar-refractivity contribution in [1.82, 2.24) is 20.4 Å². The van der Waals surface area contributed by atoms with Gasteiger partial charge in [0.15, 0.2) is 17.6 Å². The minimum absolute atomic E-state index is 0.00508. The third kappa shape index (κ3) is 7.47. The van der Waals surface area contributed by atoms with Crippen molar-refractivity contribution in [3.8, 4) is 0 Å². The summed E-state index contributed by atoms with van der Waals surface area (Å²) >= 11 is 0. The van der Waals surface area contributed by atoms with Gasteiger partial charge in [0, 0.05) is 13.1 Å². The van der Waals surface area contributed by atoms with Crippen LogP contribution in [-0.2, 0) is 4.79 Å². The molecule has 0 aromatic carbocycles. The first-order valence-corrected chi connectivity index (χ1v) is 10.8. The van der Waals surface area contributed by atoms with Gasteiger partial charge in [-0.05, 0) is 52.0 Å². The van der Waals surface area contributed by atoms with E-state index in [4.69, 9.17) is 27.5 Å². The van der Waals surface area contributed by atoms with E-state index < -0.39 is 12.1 Å². The van der Waals surface area contributed by atoms with Crippen molar-refractivity contribution in [2.45, 2.75) is 70.0 Å². The lowest BCUT2D eigenvalue weighted by atomic mass is 10.1. The van der Waals surface area contributed by atoms with Gasteiger partial charge in [-0.2, -0.15) is 4.98 Å². The van der Waals surface area contributed by atoms with Crippen molar-refractivity contribution in [2.24, 2.45) is 27.9 Å². The largest absolute Gasteiger partial charge is 0.370 e. The summed E-state index contributed by atoms with van der Waals surface area (Å²) in [6.07, 6.45) is 4.93. The molecule has 0 bridgehead atoms. The zero-order chi connectivity index (χ0) is 22.8. The number of nitrogens with zero attached hydrogens (tertiary/aromatic N) is 4. The number of carbonyl (C=O) groups excluding carboxylic acids is 2. The van der Waals surface area contributed by atoms with Gasteiger partial charge in [0.25, 0.3) is 0 Å². The number of unbranched alkanes of at least 4 members (excludes halogenated alkanes) is 1. The second-order valence-corrected chi connectivity index (χ2v) is 7.79. The van der Waals surface area contributed by atoms with Crippen LogP contribution in [0.4, 0.5) is 4.79 Å². The lowest BCUT2D eigenvalue weighted by Gasteiger charge is -2.25. The van der Waals surface area contributed by atoms with Gasteiger partial charge in [-0.1, -0.05) is 11.6 Å². The summed E-state index contributed by atoms with van der Waals surface area (Å²) in [5, 5.41) is 6.91. The van der Waals surface area contributed by atoms with Crippen LogP contribution >= 0.6 is 0 Å². The van der Waals surface area contributed by atoms with Crippen molar-refractivity contribution in [1.29, 1.82) is 0 Å². The molecule has 1 saturated heterocycles. The second kappa shape index (κ2) is 12.2. The molecule has 1 fully saturated rings. The van der Waals surface area contributed by atoms with E-state index in [0.29, 0.717) is 51.1 Å². The van der Waals surface area contributed by atoms with E-state index in [-0.39, 0.29) is 29.7 Å². The number of aliphatic imine (C=N–C) groups is 1. The molecule has 0 aliphatic carbocycles. The predicted octanol–water partition coefficient (Wildman–Crippen LogP) is 0.0561. The molecule has 0 saturated carbocycles. The maximum absolute atomic E-state index is 12.9. The number of nitrogens with one attached hydrogen (secondary N) is 1. The molecule has 2 heterocycles. The summed E-state index contributed by atoms with van der Waals surface area (Å²) in [6, 6.07) is -1.66. The first-order valence-electron chi connectivity index (χ1n) is 10.8. The molecular weight excluding hydrogens is 402 g/mol. The molecule has 31 heavy (non-hydrogen) atoms. The van der Waals surface area contributed by atoms with Gasteiger partial charge in [0.05, 0.1) is 12.1 Å². The van der Waals surface area contributed by atoms with Gasteiger partial charge < -0.3 is 37.7 Å². The van der Waals surface area contributed by atoms with Crippen molar-refractivity contribution in [3.05, 3.63) is 11.7 Å². The fraction of sp³-hybridized carbons (Fsp3) is 0.737. The molecule has 1 aromatic heterocycles. The highest BCUT2D eigenvalue weighted by Gasteiger charge is 2.33. The maximum atomic E-state index is 12.9. The number of ketones is 1. The molecule has 0 spiro atoms. The number of guanidine groups is 1. The van der Waals surface area contributed by atoms with Crippen LogP contribution in [0, 0.1) is 0 Å². The number of urea groups is 1. The van der Waals surface area contributed by atoms with Crippen LogP contribution in [0.25, 0.3) is 0 Å². The lowest BCUT2D eigenvalue weighted by Crippen LogP contribution is -2.46. The molecule has 0 radical (unpaired) electrons. The van der Waals surface area contributed by atoms with E-state index >= 15 is 0 Å². The van der Waals surface area contributed by atoms with E-state index in [1.165, 1.54) is 6.92 Å². The number of Topliss-reactive ketones (excluding diaryl/α,β-unsaturated/α-hetero) is 1. The van der Waals surface area contributed by atoms with E-state index in [2.05, 4.69) is 20.4 Å². The monoisotopic (exact) mass is 437 g/mol. The summed E-state index contributed by atoms with van der Waals surface area (Å²) in [4.78, 5) is 34.7. The number of hydrogen-bond acceptors (Lipinski definition) is 8. The van der Waals surface area contributed by atoms with E-state index in [0.717, 1.165) is 19.3 Å². The van der Waals surface area contributed by atoms with Gasteiger partial charge >= 0.3 is 6.03 Å². The minimum atomic E-state index is -0.549. The lowest BCUT2D eigenvalue weighted by molar-refractivity contribution is -0.120. The summed E-state index contributed by atoms with van der Waals surface area (Å²) in [7, 11) is 0. The van der Waals surface area contributed by atoms with Crippen LogP contribution in [-0.4, -0.2) is 58.5 Å². The van der Waals surface area contributed by atoms with Crippen molar-refractivity contribution in [2.75, 3.05) is 19.6 Å². The topological polar surface area (TPSA) is 205 Å². The van der Waals surface area contributed by atoms with Crippen molar-refractivity contribution >= 4 is 17.8 Å². The number of hydrogen-bond donors (Lipinski definition) is 5. The van der Waals surface area contributed by atoms with E-state index in [1.54, 1.807) is 4.90 Å². The Bertz CT molecular complexity index is 748. The maximum Gasteiger partial charge on any atom is 0.318 e. The summed E-state index contributed by atoms with van der Waals surface area (Å²) < 4.78 is 5.42. The Labute approximate surface area is 182 Å². The van der Waals surface area contributed by atoms with Crippen LogP contribution in [0.2, 0.25) is 0 Å². The molecule has 1 aliphatic heterocycles. The third-order valence-corrected chi connectivity index (χ3v) is 5.28. The highest BCUT2D eigenvalue weighted by molar-refractivity contribution is 5.87. The third-order valence-electron chi connectivity index (χ3n) is 5.28. The summed E-state index contributed by atoms with van der Waals surface area (Å²) in [5.74, 6) is 0.630. The van der Waals surface area contributed by atoms with Crippen LogP contribution in [0.5, 0.6) is 0 Å². The minimum Gasteiger partial charge on any atom is -0.370 e. The molecule has 1 aromatic rings. The standard InChI is InChI=1S/C19H35N9O3/c1-12(29)15-8-5-11-28(15)19(30)25-14(7-4-10-24-18(22)23)17-26-16(27-31-17)13(21)6-2-3-9-20/h13-15H,2-11,20-21H2,1H3,(H,25,30)(H4,22,23,24)/t13-,14-,15?/m0/s1. The molecule has 3 atom stereocenters. The molecule has 1 aliphatic rings. The Morgan fingerprint density at radius 3 is 2.74 bits per heavy atom. The molecule has 9 N–H and O–H groups in total. The molecule has 12 nitrogen and oxygen atoms in total. The van der Waals surface area contributed by atoms with Gasteiger partial charge in [-0.25, -0.2) is 4.79 Å². The number of carbonyl (C=O) groups is 2. The number of likely N-dealkylation sites (tertiary alicyclic amines) is 1. The normalized spacial score (nSPS) is 17.9. The summed E-state index contributed by atoms with van der Waals surface area (Å²) in [5.41, 5.74) is 22.4. The molecular formula is C19H35N9O3. The summed E-state index contributed by atoms with van der Waals surface area (Å²) in [6.45, 7) is 3.02. The molecule has 2 rings (SSSR count). The van der Waals surface area contributed by atoms with Crippen LogP contribution in [0.15, 0.2) is 9.52 Å². The average molecular weight is 438 g/mol. The SMILES string of the molecule is CC(=O)C1CCCN1C(=O)N[C@@H](CCCN=C(N)N)c1nc([C@@H](N)CCCCN)no1. The van der Waals surface area contributed by atoms with E-state index in [9.17, 15) is 9.59 Å². The zero-order valence-corrected chi connectivity index (χ0v) is 18.1. The Balaban J connectivity index is 2.08. The van der Waals surface area contributed by atoms with E-state index in [1.807, 2.05) is 0 Å². The molecule has 12 heteroatoms. The van der Waals surface area contributed by atoms with Crippen LogP contribution in [0.3, 0.4) is 0 Å². The fourth-order valence-corrected chi connectivity index (χ4v) is 3.60. The highest BCUT2D eigenvalue weighted by Crippen LogP contribution is 2.23. The van der Waals surface area contributed by atoms with Crippen LogP contribution in [0.1, 0.15) is 75.7 Å². The number of amides is 2. The Morgan fingerprint density at radius 1 is 1.29 bits per heavy atom. The smallest absolute Gasteiger partial charge is 0.318 e. The van der Waals surface area contributed by atoms with Gasteiger partial charge in [0.1, 0.15) is 6.04 Å². The number of nitrogens with two attached hydrogens (primary N) is 4. The predicted molar refractivity (Wildman–Crippen MR) is 116 cm³/mol. The van der Waals surface area contributed by atoms with Crippen molar-refractivity contribution in [3.63, 3.8) is 0 Å². The first kappa shape index (κ1) is 24.5. The average Bonchev–Trinajstić information content (AvgIpc) is 3.40. The number of rotatable bonds is 12. The van der Waals surface area contributed by atoms with Crippen LogP contribution < -0.4 is 28.3 Å². The number of aromatic nitrogens is 2. The molecule has 174 valence electrons. The first-order chi connectivity index (χ1) is 14.8. The molecule has 1 unspecified atom stereocenters.